The summed E-state index contributed by atoms with van der Waals surface area (Å²) >= 11 is 0. The summed E-state index contributed by atoms with van der Waals surface area (Å²) in [6.07, 6.45) is 65.6. The van der Waals surface area contributed by atoms with Crippen LogP contribution in [0.1, 0.15) is 396 Å². The van der Waals surface area contributed by atoms with Crippen molar-refractivity contribution in [2.24, 2.45) is 0 Å². The number of aryl methyl sites for hydroxylation is 4. The molecule has 0 bridgehead atoms. The Morgan fingerprint density at radius 2 is 0.543 bits per heavy atom. The van der Waals surface area contributed by atoms with E-state index in [0.717, 1.165) is 82.0 Å². The number of unbranched alkanes of at least 4 members (excludes halogenated alkanes) is 35. The Morgan fingerprint density at radius 1 is 0.284 bits per heavy atom. The van der Waals surface area contributed by atoms with Crippen molar-refractivity contribution in [2.45, 2.75) is 390 Å². The zero-order valence-electron chi connectivity index (χ0n) is 56.3. The van der Waals surface area contributed by atoms with Gasteiger partial charge in [0.15, 0.2) is 0 Å². The van der Waals surface area contributed by atoms with Crippen molar-refractivity contribution >= 4 is 11.4 Å². The number of rotatable bonds is 50. The fourth-order valence-corrected chi connectivity index (χ4v) is 12.5. The van der Waals surface area contributed by atoms with Crippen LogP contribution in [0, 0.1) is 13.8 Å². The van der Waals surface area contributed by atoms with Gasteiger partial charge in [0.2, 0.25) is 11.4 Å². The van der Waals surface area contributed by atoms with Gasteiger partial charge in [-0.05, 0) is 141 Å². The van der Waals surface area contributed by atoms with Crippen LogP contribution in [0.4, 0.5) is 0 Å². The molecular weight excluding hydrogens is 1020 g/mol. The largest absolute Gasteiger partial charge is 2.00 e. The van der Waals surface area contributed by atoms with Gasteiger partial charge >= 0.3 is 16.5 Å². The fourth-order valence-electron chi connectivity index (χ4n) is 12.5. The average Bonchev–Trinajstić information content (AvgIpc) is 3.93. The molecule has 0 aliphatic carbocycles. The van der Waals surface area contributed by atoms with Crippen LogP contribution in [-0.2, 0) is 55.0 Å². The fraction of sp³-hybridized carbons (Fsp3) is 0.769. The maximum atomic E-state index is 12.6. The standard InChI is InChI=1S/C46H72N2.2C16H33.Ni/c1-9-17-22-26-37-33-40(34-38(27-23-18-10-2)42(37)29-24-19-11-3)46-44(30-25-20-12-4)43(28-21-13-5)45(48(46)47)39-31-35(14-6)41(16-8)36(15-7)32-39;2*1-3-5-7-9-11-13-15-16-14-12-10-8-6-4-2;/h31-34H,9-30H2,1-8H3;2*1,3-16H2,2H3;/q;2*-1;+2. The number of benzene rings is 2. The van der Waals surface area contributed by atoms with Gasteiger partial charge in [0.05, 0.1) is 0 Å². The third-order valence-corrected chi connectivity index (χ3v) is 17.5. The van der Waals surface area contributed by atoms with Crippen molar-refractivity contribution < 1.29 is 21.2 Å². The van der Waals surface area contributed by atoms with Crippen LogP contribution in [-0.4, -0.2) is 4.70 Å². The minimum atomic E-state index is 0. The van der Waals surface area contributed by atoms with Crippen molar-refractivity contribution in [3.05, 3.63) is 99.3 Å². The third kappa shape index (κ3) is 34.7. The van der Waals surface area contributed by atoms with Gasteiger partial charge in [0.25, 0.3) is 0 Å². The molecule has 1 heterocycles. The zero-order chi connectivity index (χ0) is 58.7. The Balaban J connectivity index is 0.00000158. The summed E-state index contributed by atoms with van der Waals surface area (Å²) in [5, 5.41) is 0. The molecule has 3 heteroatoms. The third-order valence-electron chi connectivity index (χ3n) is 17.5. The monoisotopic (exact) mass is 1160 g/mol. The molecule has 1 aliphatic rings. The molecule has 470 valence electrons. The maximum Gasteiger partial charge on any atom is 2.00 e. The maximum absolute atomic E-state index is 12.6. The Kier molecular flexibility index (Phi) is 54.5. The molecule has 0 saturated carbocycles. The van der Waals surface area contributed by atoms with Crippen LogP contribution in [0.25, 0.3) is 16.9 Å². The number of nitrogens with zero attached hydrogens (tertiary/aromatic N) is 2. The summed E-state index contributed by atoms with van der Waals surface area (Å²) in [6, 6.07) is 9.87. The van der Waals surface area contributed by atoms with Crippen molar-refractivity contribution in [2.75, 3.05) is 0 Å². The minimum absolute atomic E-state index is 0. The molecule has 0 amide bonds. The van der Waals surface area contributed by atoms with E-state index in [2.05, 4.69) is 107 Å². The van der Waals surface area contributed by atoms with E-state index in [1.807, 2.05) is 0 Å². The van der Waals surface area contributed by atoms with Crippen molar-refractivity contribution in [3.63, 3.8) is 0 Å². The van der Waals surface area contributed by atoms with Crippen molar-refractivity contribution in [1.29, 1.82) is 0 Å². The van der Waals surface area contributed by atoms with Crippen molar-refractivity contribution in [1.82, 2.24) is 0 Å². The summed E-state index contributed by atoms with van der Waals surface area (Å²) in [5.74, 6) is 0. The molecular formula is C78H138N2Ni. The predicted octanol–water partition coefficient (Wildman–Crippen LogP) is 27.1. The van der Waals surface area contributed by atoms with Crippen LogP contribution in [0.2, 0.25) is 0 Å². The van der Waals surface area contributed by atoms with E-state index in [4.69, 9.17) is 0 Å². The van der Waals surface area contributed by atoms with Gasteiger partial charge < -0.3 is 19.4 Å². The molecule has 3 rings (SSSR count). The predicted molar refractivity (Wildman–Crippen MR) is 363 cm³/mol. The Labute approximate surface area is 519 Å². The molecule has 81 heavy (non-hydrogen) atoms. The van der Waals surface area contributed by atoms with E-state index >= 15 is 0 Å². The second kappa shape index (κ2) is 55.9. The molecule has 0 fully saturated rings. The van der Waals surface area contributed by atoms with E-state index in [1.165, 1.54) is 289 Å². The first-order chi connectivity index (χ1) is 39.3. The van der Waals surface area contributed by atoms with E-state index in [9.17, 15) is 5.53 Å². The SMILES string of the molecule is CCCCCC1=C(c2cc(CCCCC)c(CCCCC)c(CCCCC)c2)[N+](=[N-])C(c2cc(CC)c(CC)c(CC)c2)=C1CCCC.[CH2-]CCCCCCCCCCCCCCC.[CH2-]CCCCCCCCCCCCCCC.[Ni+2]. The summed E-state index contributed by atoms with van der Waals surface area (Å²) in [4.78, 5) is 0. The molecule has 2 nitrogen and oxygen atoms in total. The van der Waals surface area contributed by atoms with Gasteiger partial charge in [0.1, 0.15) is 0 Å². The van der Waals surface area contributed by atoms with Crippen LogP contribution < -0.4 is 0 Å². The molecule has 0 atom stereocenters. The number of allylic oxidation sites excluding steroid dienone is 2. The molecule has 0 saturated heterocycles. The van der Waals surface area contributed by atoms with Crippen LogP contribution in [0.15, 0.2) is 35.4 Å². The molecule has 0 spiro atoms. The quantitative estimate of drug-likeness (QED) is 0.0273. The van der Waals surface area contributed by atoms with Gasteiger partial charge in [-0.15, -0.1) is 0 Å². The van der Waals surface area contributed by atoms with E-state index in [1.54, 1.807) is 21.4 Å². The second-order valence-electron chi connectivity index (χ2n) is 24.7. The second-order valence-corrected chi connectivity index (χ2v) is 24.7. The van der Waals surface area contributed by atoms with Gasteiger partial charge in [-0.25, -0.2) is 4.70 Å². The van der Waals surface area contributed by atoms with Crippen LogP contribution in [0.3, 0.4) is 0 Å². The minimum Gasteiger partial charge on any atom is -0.493 e. The van der Waals surface area contributed by atoms with Gasteiger partial charge in [0, 0.05) is 22.3 Å². The molecule has 0 aromatic heterocycles. The zero-order valence-corrected chi connectivity index (χ0v) is 57.3. The topological polar surface area (TPSA) is 25.3 Å². The molecule has 2 aromatic carbocycles. The summed E-state index contributed by atoms with van der Waals surface area (Å²) < 4.78 is 1.67. The summed E-state index contributed by atoms with van der Waals surface area (Å²) in [5.41, 5.74) is 29.1. The van der Waals surface area contributed by atoms with Crippen LogP contribution >= 0.6 is 0 Å². The summed E-state index contributed by atoms with van der Waals surface area (Å²) in [7, 11) is 0. The first-order valence-electron chi connectivity index (χ1n) is 36.1. The molecule has 0 N–H and O–H groups in total. The first-order valence-corrected chi connectivity index (χ1v) is 36.1. The smallest absolute Gasteiger partial charge is 0.493 e. The van der Waals surface area contributed by atoms with Gasteiger partial charge in [-0.2, -0.15) is 12.8 Å². The number of hydrogen-bond donors (Lipinski definition) is 0. The molecule has 1 aliphatic heterocycles. The Hall–Kier alpha value is -1.99. The van der Waals surface area contributed by atoms with Gasteiger partial charge in [-0.3, -0.25) is 0 Å². The van der Waals surface area contributed by atoms with E-state index in [0.29, 0.717) is 0 Å². The first kappa shape index (κ1) is 79.0. The van der Waals surface area contributed by atoms with Gasteiger partial charge in [-0.1, -0.05) is 294 Å². The van der Waals surface area contributed by atoms with Crippen molar-refractivity contribution in [3.8, 4) is 0 Å². The average molecular weight is 1160 g/mol. The molecule has 2 aromatic rings. The number of hydrogen-bond acceptors (Lipinski definition) is 0. The Bertz CT molecular complexity index is 1730. The van der Waals surface area contributed by atoms with Crippen LogP contribution in [0.5, 0.6) is 0 Å². The summed E-state index contributed by atoms with van der Waals surface area (Å²) in [6.45, 7) is 30.7. The molecule has 0 radical (unpaired) electrons. The molecule has 0 unspecified atom stereocenters. The van der Waals surface area contributed by atoms with E-state index in [-0.39, 0.29) is 16.5 Å². The Morgan fingerprint density at radius 3 is 0.840 bits per heavy atom. The normalized spacial score (nSPS) is 12.3. The van der Waals surface area contributed by atoms with E-state index < -0.39 is 0 Å².